The van der Waals surface area contributed by atoms with Gasteiger partial charge in [-0.1, -0.05) is 36.4 Å². The van der Waals surface area contributed by atoms with Crippen molar-refractivity contribution in [3.63, 3.8) is 0 Å². The number of aromatic nitrogens is 1. The summed E-state index contributed by atoms with van der Waals surface area (Å²) >= 11 is 0. The maximum Gasteiger partial charge on any atom is 0.356 e. The summed E-state index contributed by atoms with van der Waals surface area (Å²) < 4.78 is 6.80. The summed E-state index contributed by atoms with van der Waals surface area (Å²) in [7, 11) is 0. The van der Waals surface area contributed by atoms with Crippen LogP contribution in [0.15, 0.2) is 60.8 Å². The van der Waals surface area contributed by atoms with Crippen LogP contribution >= 0.6 is 0 Å². The first-order valence-corrected chi connectivity index (χ1v) is 7.09. The Bertz CT molecular complexity index is 834. The number of esters is 1. The van der Waals surface area contributed by atoms with Gasteiger partial charge in [0.25, 0.3) is 0 Å². The van der Waals surface area contributed by atoms with Crippen molar-refractivity contribution in [1.82, 2.24) is 4.40 Å². The zero-order chi connectivity index (χ0) is 15.5. The quantitative estimate of drug-likeness (QED) is 0.547. The minimum atomic E-state index is -0.493. The third kappa shape index (κ3) is 2.39. The molecule has 2 aromatic heterocycles. The number of rotatable bonds is 4. The van der Waals surface area contributed by atoms with E-state index in [2.05, 4.69) is 0 Å². The van der Waals surface area contributed by atoms with Crippen LogP contribution in [0.4, 0.5) is 0 Å². The molecule has 110 valence electrons. The summed E-state index contributed by atoms with van der Waals surface area (Å²) in [4.78, 5) is 25.0. The first-order valence-electron chi connectivity index (χ1n) is 7.09. The monoisotopic (exact) mass is 293 g/mol. The molecule has 0 spiro atoms. The highest BCUT2D eigenvalue weighted by molar-refractivity contribution is 6.15. The normalized spacial score (nSPS) is 10.6. The maximum atomic E-state index is 12.7. The molecule has 3 aromatic rings. The topological polar surface area (TPSA) is 47.8 Å². The lowest BCUT2D eigenvalue weighted by atomic mass is 10.0. The highest BCUT2D eigenvalue weighted by atomic mass is 16.5. The van der Waals surface area contributed by atoms with Gasteiger partial charge >= 0.3 is 5.97 Å². The van der Waals surface area contributed by atoms with Gasteiger partial charge < -0.3 is 9.14 Å². The molecule has 3 rings (SSSR count). The molecule has 0 aliphatic rings. The van der Waals surface area contributed by atoms with Crippen molar-refractivity contribution in [2.75, 3.05) is 6.61 Å². The van der Waals surface area contributed by atoms with E-state index >= 15 is 0 Å². The smallest absolute Gasteiger partial charge is 0.356 e. The van der Waals surface area contributed by atoms with E-state index in [0.717, 1.165) is 5.52 Å². The minimum Gasteiger partial charge on any atom is -0.461 e. The zero-order valence-electron chi connectivity index (χ0n) is 12.2. The van der Waals surface area contributed by atoms with E-state index in [4.69, 9.17) is 4.74 Å². The van der Waals surface area contributed by atoms with E-state index in [1.807, 2.05) is 24.3 Å². The van der Waals surface area contributed by atoms with Gasteiger partial charge in [-0.25, -0.2) is 4.79 Å². The molecule has 0 saturated carbocycles. The number of hydrogen-bond acceptors (Lipinski definition) is 3. The van der Waals surface area contributed by atoms with Crippen molar-refractivity contribution in [1.29, 1.82) is 0 Å². The molecule has 0 atom stereocenters. The molecule has 4 heteroatoms. The Hall–Kier alpha value is -2.88. The Labute approximate surface area is 128 Å². The molecule has 2 heterocycles. The van der Waals surface area contributed by atoms with Crippen LogP contribution in [-0.2, 0) is 4.74 Å². The number of pyridine rings is 1. The third-order valence-corrected chi connectivity index (χ3v) is 3.43. The Morgan fingerprint density at radius 3 is 2.50 bits per heavy atom. The highest BCUT2D eigenvalue weighted by Crippen LogP contribution is 2.21. The molecule has 0 aliphatic heterocycles. The number of ketones is 1. The Balaban J connectivity index is 2.18. The number of nitrogens with zero attached hydrogens (tertiary/aromatic N) is 1. The average molecular weight is 293 g/mol. The summed E-state index contributed by atoms with van der Waals surface area (Å²) in [6.45, 7) is 2.00. The molecule has 0 bridgehead atoms. The van der Waals surface area contributed by atoms with E-state index in [0.29, 0.717) is 11.1 Å². The molecule has 0 saturated heterocycles. The molecule has 4 nitrogen and oxygen atoms in total. The number of fused-ring (bicyclic) bond motifs is 1. The van der Waals surface area contributed by atoms with Gasteiger partial charge in [0.2, 0.25) is 0 Å². The van der Waals surface area contributed by atoms with E-state index in [-0.39, 0.29) is 18.1 Å². The second kappa shape index (κ2) is 5.85. The van der Waals surface area contributed by atoms with Crippen molar-refractivity contribution in [3.05, 3.63) is 77.6 Å². The van der Waals surface area contributed by atoms with E-state index in [1.54, 1.807) is 47.9 Å². The van der Waals surface area contributed by atoms with Crippen LogP contribution in [0.2, 0.25) is 0 Å². The van der Waals surface area contributed by atoms with E-state index < -0.39 is 5.97 Å². The van der Waals surface area contributed by atoms with Crippen LogP contribution in [0, 0.1) is 0 Å². The van der Waals surface area contributed by atoms with Crippen LogP contribution in [0.3, 0.4) is 0 Å². The highest BCUT2D eigenvalue weighted by Gasteiger charge is 2.24. The van der Waals surface area contributed by atoms with E-state index in [1.165, 1.54) is 0 Å². The van der Waals surface area contributed by atoms with Gasteiger partial charge in [0.15, 0.2) is 5.78 Å². The summed E-state index contributed by atoms with van der Waals surface area (Å²) in [6, 6.07) is 16.2. The fraction of sp³-hybridized carbons (Fsp3) is 0.111. The minimum absolute atomic E-state index is 0.188. The predicted octanol–water partition coefficient (Wildman–Crippen LogP) is 3.35. The van der Waals surface area contributed by atoms with Crippen LogP contribution in [-0.4, -0.2) is 22.8 Å². The van der Waals surface area contributed by atoms with Crippen molar-refractivity contribution in [3.8, 4) is 0 Å². The first kappa shape index (κ1) is 14.1. The maximum absolute atomic E-state index is 12.7. The zero-order valence-corrected chi connectivity index (χ0v) is 12.2. The molecule has 0 fully saturated rings. The SMILES string of the molecule is CCOC(=O)c1c(C(=O)c2ccccc2)cc2ccccn12. The van der Waals surface area contributed by atoms with Crippen LogP contribution in [0.25, 0.3) is 5.52 Å². The summed E-state index contributed by atoms with van der Waals surface area (Å²) in [6.07, 6.45) is 1.75. The Kier molecular flexibility index (Phi) is 3.74. The van der Waals surface area contributed by atoms with Crippen molar-refractivity contribution in [2.45, 2.75) is 6.92 Å². The fourth-order valence-electron chi connectivity index (χ4n) is 2.45. The van der Waals surface area contributed by atoms with Gasteiger partial charge in [-0.2, -0.15) is 0 Å². The number of ether oxygens (including phenoxy) is 1. The molecule has 0 N–H and O–H groups in total. The number of benzene rings is 1. The van der Waals surface area contributed by atoms with Crippen LogP contribution < -0.4 is 0 Å². The second-order valence-electron chi connectivity index (χ2n) is 4.82. The Morgan fingerprint density at radius 1 is 1.05 bits per heavy atom. The lowest BCUT2D eigenvalue weighted by Crippen LogP contribution is -2.13. The van der Waals surface area contributed by atoms with Gasteiger partial charge in [0.05, 0.1) is 12.2 Å². The Morgan fingerprint density at radius 2 is 1.77 bits per heavy atom. The first-order chi connectivity index (χ1) is 10.7. The largest absolute Gasteiger partial charge is 0.461 e. The summed E-state index contributed by atoms with van der Waals surface area (Å²) in [5.41, 5.74) is 1.95. The van der Waals surface area contributed by atoms with Gasteiger partial charge in [-0.15, -0.1) is 0 Å². The average Bonchev–Trinajstić information content (AvgIpc) is 2.94. The second-order valence-corrected chi connectivity index (χ2v) is 4.82. The summed E-state index contributed by atoms with van der Waals surface area (Å²) in [5.74, 6) is -0.680. The summed E-state index contributed by atoms with van der Waals surface area (Å²) in [5, 5.41) is 0. The molecule has 1 aromatic carbocycles. The standard InChI is InChI=1S/C18H15NO3/c1-2-22-18(21)16-15(12-14-10-6-7-11-19(14)16)17(20)13-8-4-3-5-9-13/h3-12H,2H2,1H3. The number of carbonyl (C=O) groups is 2. The molecule has 0 amide bonds. The molecule has 0 unspecified atom stereocenters. The van der Waals surface area contributed by atoms with Crippen molar-refractivity contribution < 1.29 is 14.3 Å². The van der Waals surface area contributed by atoms with Gasteiger partial charge in [-0.3, -0.25) is 4.79 Å². The lowest BCUT2D eigenvalue weighted by Gasteiger charge is -2.05. The molecule has 22 heavy (non-hydrogen) atoms. The van der Waals surface area contributed by atoms with Crippen LogP contribution in [0.1, 0.15) is 33.3 Å². The number of carbonyl (C=O) groups excluding carboxylic acids is 2. The third-order valence-electron chi connectivity index (χ3n) is 3.43. The fourth-order valence-corrected chi connectivity index (χ4v) is 2.45. The molecular weight excluding hydrogens is 278 g/mol. The van der Waals surface area contributed by atoms with Gasteiger partial charge in [0.1, 0.15) is 5.69 Å². The number of hydrogen-bond donors (Lipinski definition) is 0. The van der Waals surface area contributed by atoms with Crippen molar-refractivity contribution >= 4 is 17.3 Å². The predicted molar refractivity (Wildman–Crippen MR) is 83.2 cm³/mol. The van der Waals surface area contributed by atoms with E-state index in [9.17, 15) is 9.59 Å². The van der Waals surface area contributed by atoms with Gasteiger partial charge in [0, 0.05) is 17.3 Å². The molecule has 0 aliphatic carbocycles. The van der Waals surface area contributed by atoms with Crippen LogP contribution in [0.5, 0.6) is 0 Å². The molecule has 0 radical (unpaired) electrons. The lowest BCUT2D eigenvalue weighted by molar-refractivity contribution is 0.0515. The van der Waals surface area contributed by atoms with Crippen molar-refractivity contribution in [2.24, 2.45) is 0 Å². The van der Waals surface area contributed by atoms with Gasteiger partial charge in [-0.05, 0) is 25.1 Å². The molecular formula is C18H15NO3.